The topological polar surface area (TPSA) is 34.9 Å². The molecule has 5 heteroatoms. The second kappa shape index (κ2) is 5.80. The van der Waals surface area contributed by atoms with Crippen LogP contribution in [0.5, 0.6) is 0 Å². The van der Waals surface area contributed by atoms with Crippen LogP contribution >= 0.6 is 23.4 Å². The van der Waals surface area contributed by atoms with Gasteiger partial charge in [-0.2, -0.15) is 5.10 Å². The SMILES string of the molecule is CSc1ccc(-c2nn(C(C)C)cc2C=O)c(Cl)c1. The van der Waals surface area contributed by atoms with Crippen molar-refractivity contribution < 1.29 is 4.79 Å². The molecule has 0 aliphatic carbocycles. The Morgan fingerprint density at radius 3 is 2.68 bits per heavy atom. The summed E-state index contributed by atoms with van der Waals surface area (Å²) in [5.74, 6) is 0. The van der Waals surface area contributed by atoms with E-state index in [-0.39, 0.29) is 6.04 Å². The van der Waals surface area contributed by atoms with Crippen molar-refractivity contribution in [3.05, 3.63) is 35.0 Å². The van der Waals surface area contributed by atoms with Crippen LogP contribution in [0.4, 0.5) is 0 Å². The highest BCUT2D eigenvalue weighted by atomic mass is 35.5. The Kier molecular flexibility index (Phi) is 4.32. The van der Waals surface area contributed by atoms with Crippen molar-refractivity contribution in [3.8, 4) is 11.3 Å². The molecule has 1 aromatic carbocycles. The zero-order valence-electron chi connectivity index (χ0n) is 11.1. The molecule has 0 atom stereocenters. The summed E-state index contributed by atoms with van der Waals surface area (Å²) in [5.41, 5.74) is 2.00. The van der Waals surface area contributed by atoms with Crippen molar-refractivity contribution in [3.63, 3.8) is 0 Å². The van der Waals surface area contributed by atoms with Crippen LogP contribution in [0.15, 0.2) is 29.3 Å². The normalized spacial score (nSPS) is 11.0. The largest absolute Gasteiger partial charge is 0.298 e. The first-order chi connectivity index (χ1) is 9.06. The molecular formula is C14H15ClN2OS. The quantitative estimate of drug-likeness (QED) is 0.622. The maximum atomic E-state index is 11.2. The summed E-state index contributed by atoms with van der Waals surface area (Å²) in [6, 6.07) is 5.99. The lowest BCUT2D eigenvalue weighted by Crippen LogP contribution is -2.00. The fourth-order valence-electron chi connectivity index (χ4n) is 1.78. The summed E-state index contributed by atoms with van der Waals surface area (Å²) in [4.78, 5) is 12.3. The van der Waals surface area contributed by atoms with Crippen LogP contribution in [0.2, 0.25) is 5.02 Å². The van der Waals surface area contributed by atoms with E-state index >= 15 is 0 Å². The fraction of sp³-hybridized carbons (Fsp3) is 0.286. The van der Waals surface area contributed by atoms with Gasteiger partial charge in [0.15, 0.2) is 6.29 Å². The van der Waals surface area contributed by atoms with Gasteiger partial charge in [0.1, 0.15) is 5.69 Å². The number of rotatable bonds is 4. The average Bonchev–Trinajstić information content (AvgIpc) is 2.82. The maximum Gasteiger partial charge on any atom is 0.153 e. The van der Waals surface area contributed by atoms with E-state index in [0.717, 1.165) is 16.7 Å². The molecule has 0 fully saturated rings. The molecule has 0 unspecified atom stereocenters. The first kappa shape index (κ1) is 14.2. The van der Waals surface area contributed by atoms with Crippen molar-refractivity contribution >= 4 is 29.6 Å². The number of hydrogen-bond donors (Lipinski definition) is 0. The molecule has 0 aliphatic heterocycles. The van der Waals surface area contributed by atoms with Gasteiger partial charge in [-0.1, -0.05) is 17.7 Å². The zero-order valence-corrected chi connectivity index (χ0v) is 12.6. The van der Waals surface area contributed by atoms with Gasteiger partial charge in [0.05, 0.1) is 10.6 Å². The van der Waals surface area contributed by atoms with Crippen LogP contribution in [0, 0.1) is 0 Å². The molecule has 19 heavy (non-hydrogen) atoms. The Bertz CT molecular complexity index is 607. The lowest BCUT2D eigenvalue weighted by molar-refractivity contribution is 0.112. The summed E-state index contributed by atoms with van der Waals surface area (Å²) >= 11 is 7.91. The molecule has 3 nitrogen and oxygen atoms in total. The number of benzene rings is 1. The molecule has 0 amide bonds. The molecule has 2 rings (SSSR count). The van der Waals surface area contributed by atoms with E-state index in [1.807, 2.05) is 38.3 Å². The van der Waals surface area contributed by atoms with Crippen molar-refractivity contribution in [2.75, 3.05) is 6.26 Å². The summed E-state index contributed by atoms with van der Waals surface area (Å²) in [5, 5.41) is 5.08. The van der Waals surface area contributed by atoms with Gasteiger partial charge in [-0.3, -0.25) is 9.48 Å². The van der Waals surface area contributed by atoms with Crippen molar-refractivity contribution in [2.45, 2.75) is 24.8 Å². The van der Waals surface area contributed by atoms with Gasteiger partial charge in [-0.15, -0.1) is 11.8 Å². The summed E-state index contributed by atoms with van der Waals surface area (Å²) in [7, 11) is 0. The smallest absolute Gasteiger partial charge is 0.153 e. The Morgan fingerprint density at radius 2 is 2.16 bits per heavy atom. The first-order valence-corrected chi connectivity index (χ1v) is 7.55. The standard InChI is InChI=1S/C14H15ClN2OS/c1-9(2)17-7-10(8-18)14(16-17)12-5-4-11(19-3)6-13(12)15/h4-9H,1-3H3. The van der Waals surface area contributed by atoms with Crippen LogP contribution < -0.4 is 0 Å². The van der Waals surface area contributed by atoms with E-state index in [4.69, 9.17) is 11.6 Å². The summed E-state index contributed by atoms with van der Waals surface area (Å²) in [6.45, 7) is 4.04. The van der Waals surface area contributed by atoms with E-state index in [1.54, 1.807) is 22.6 Å². The van der Waals surface area contributed by atoms with Crippen molar-refractivity contribution in [2.24, 2.45) is 0 Å². The van der Waals surface area contributed by atoms with E-state index in [9.17, 15) is 4.79 Å². The van der Waals surface area contributed by atoms with E-state index in [2.05, 4.69) is 5.10 Å². The van der Waals surface area contributed by atoms with Gasteiger partial charge < -0.3 is 0 Å². The average molecular weight is 295 g/mol. The van der Waals surface area contributed by atoms with Crippen LogP contribution in [-0.2, 0) is 0 Å². The Hall–Kier alpha value is -1.26. The molecule has 0 radical (unpaired) electrons. The number of halogens is 1. The predicted molar refractivity (Wildman–Crippen MR) is 80.2 cm³/mol. The van der Waals surface area contributed by atoms with E-state index in [1.165, 1.54) is 0 Å². The third kappa shape index (κ3) is 2.85. The third-order valence-electron chi connectivity index (χ3n) is 2.85. The third-order valence-corrected chi connectivity index (χ3v) is 3.89. The molecule has 0 saturated heterocycles. The second-order valence-electron chi connectivity index (χ2n) is 4.47. The molecule has 1 heterocycles. The Morgan fingerprint density at radius 1 is 1.42 bits per heavy atom. The van der Waals surface area contributed by atoms with Gasteiger partial charge in [-0.25, -0.2) is 0 Å². The van der Waals surface area contributed by atoms with Crippen molar-refractivity contribution in [1.29, 1.82) is 0 Å². The number of aldehydes is 1. The molecule has 0 bridgehead atoms. The molecule has 0 N–H and O–H groups in total. The Balaban J connectivity index is 2.54. The van der Waals surface area contributed by atoms with Crippen LogP contribution in [-0.4, -0.2) is 22.3 Å². The molecule has 2 aromatic rings. The lowest BCUT2D eigenvalue weighted by atomic mass is 10.1. The van der Waals surface area contributed by atoms with Gasteiger partial charge >= 0.3 is 0 Å². The fourth-order valence-corrected chi connectivity index (χ4v) is 2.56. The number of thioether (sulfide) groups is 1. The van der Waals surface area contributed by atoms with Gasteiger partial charge in [0.2, 0.25) is 0 Å². The molecule has 0 spiro atoms. The predicted octanol–water partition coefficient (Wildman–Crippen LogP) is 4.32. The highest BCUT2D eigenvalue weighted by Gasteiger charge is 2.15. The molecule has 0 aliphatic rings. The number of carbonyl (C=O) groups is 1. The highest BCUT2D eigenvalue weighted by Crippen LogP contribution is 2.32. The van der Waals surface area contributed by atoms with Crippen molar-refractivity contribution in [1.82, 2.24) is 9.78 Å². The van der Waals surface area contributed by atoms with E-state index < -0.39 is 0 Å². The monoisotopic (exact) mass is 294 g/mol. The Labute approximate surface area is 122 Å². The van der Waals surface area contributed by atoms with Crippen LogP contribution in [0.25, 0.3) is 11.3 Å². The summed E-state index contributed by atoms with van der Waals surface area (Å²) < 4.78 is 1.78. The number of nitrogens with zero attached hydrogens (tertiary/aromatic N) is 2. The van der Waals surface area contributed by atoms with E-state index in [0.29, 0.717) is 16.3 Å². The lowest BCUT2D eigenvalue weighted by Gasteiger charge is -2.05. The van der Waals surface area contributed by atoms with Gasteiger partial charge in [0, 0.05) is 22.7 Å². The molecular weight excluding hydrogens is 280 g/mol. The maximum absolute atomic E-state index is 11.2. The highest BCUT2D eigenvalue weighted by molar-refractivity contribution is 7.98. The molecule has 100 valence electrons. The minimum Gasteiger partial charge on any atom is -0.298 e. The first-order valence-electron chi connectivity index (χ1n) is 5.95. The zero-order chi connectivity index (χ0) is 14.0. The van der Waals surface area contributed by atoms with Crippen LogP contribution in [0.3, 0.4) is 0 Å². The molecule has 1 aromatic heterocycles. The van der Waals surface area contributed by atoms with Gasteiger partial charge in [0.25, 0.3) is 0 Å². The van der Waals surface area contributed by atoms with Crippen LogP contribution in [0.1, 0.15) is 30.2 Å². The minimum absolute atomic E-state index is 0.205. The number of carbonyl (C=O) groups excluding carboxylic acids is 1. The summed E-state index contributed by atoms with van der Waals surface area (Å²) in [6.07, 6.45) is 4.57. The second-order valence-corrected chi connectivity index (χ2v) is 5.76. The number of aromatic nitrogens is 2. The molecule has 0 saturated carbocycles. The minimum atomic E-state index is 0.205. The van der Waals surface area contributed by atoms with Gasteiger partial charge in [-0.05, 0) is 32.2 Å². The number of hydrogen-bond acceptors (Lipinski definition) is 3.